The van der Waals surface area contributed by atoms with Gasteiger partial charge in [0.25, 0.3) is 0 Å². The third kappa shape index (κ3) is 6.76. The normalized spacial score (nSPS) is 23.1. The van der Waals surface area contributed by atoms with Crippen molar-refractivity contribution in [2.75, 3.05) is 26.4 Å². The number of ether oxygens (including phenoxy) is 2. The molecule has 0 aliphatic carbocycles. The molecule has 5 nitrogen and oxygen atoms in total. The molecule has 1 aromatic carbocycles. The topological polar surface area (TPSA) is 49.3 Å². The van der Waals surface area contributed by atoms with Crippen LogP contribution in [0, 0.1) is 11.8 Å². The molecule has 0 radical (unpaired) electrons. The van der Waals surface area contributed by atoms with Crippen LogP contribution in [0.3, 0.4) is 0 Å². The summed E-state index contributed by atoms with van der Waals surface area (Å²) in [6, 6.07) is 10.3. The van der Waals surface area contributed by atoms with Crippen LogP contribution in [0.2, 0.25) is 0 Å². The largest absolute Gasteiger partial charge is 0.496 e. The van der Waals surface area contributed by atoms with E-state index >= 15 is 0 Å². The molecule has 2 atom stereocenters. The molecule has 0 spiro atoms. The molecule has 2 heterocycles. The molecule has 0 aromatic heterocycles. The van der Waals surface area contributed by atoms with E-state index in [0.29, 0.717) is 18.4 Å². The van der Waals surface area contributed by atoms with E-state index in [-0.39, 0.29) is 18.3 Å². The highest BCUT2D eigenvalue weighted by Crippen LogP contribution is 2.39. The van der Waals surface area contributed by atoms with Gasteiger partial charge in [0.15, 0.2) is 0 Å². The van der Waals surface area contributed by atoms with Crippen LogP contribution in [-0.4, -0.2) is 50.9 Å². The molecule has 31 heavy (non-hydrogen) atoms. The Balaban J connectivity index is 1.32. The van der Waals surface area contributed by atoms with Crippen molar-refractivity contribution >= 4 is 13.3 Å². The van der Waals surface area contributed by atoms with Crippen molar-refractivity contribution in [1.29, 1.82) is 0 Å². The first-order valence-corrected chi connectivity index (χ1v) is 11.5. The van der Waals surface area contributed by atoms with Gasteiger partial charge in [-0.25, -0.2) is 0 Å². The van der Waals surface area contributed by atoms with Gasteiger partial charge >= 0.3 is 7.12 Å². The summed E-state index contributed by atoms with van der Waals surface area (Å²) in [5, 5.41) is 0. The molecule has 1 saturated heterocycles. The molecule has 170 valence electrons. The molecule has 1 fully saturated rings. The summed E-state index contributed by atoms with van der Waals surface area (Å²) in [5.41, 5.74) is 1.59. The van der Waals surface area contributed by atoms with Gasteiger partial charge in [0.1, 0.15) is 0 Å². The second-order valence-corrected chi connectivity index (χ2v) is 9.68. The monoisotopic (exact) mass is 427 g/mol. The summed E-state index contributed by atoms with van der Waals surface area (Å²) in [6.07, 6.45) is 6.13. The number of hydrogen-bond acceptors (Lipinski definition) is 5. The summed E-state index contributed by atoms with van der Waals surface area (Å²) in [7, 11) is -0.337. The molecular weight excluding hydrogens is 389 g/mol. The van der Waals surface area contributed by atoms with Gasteiger partial charge in [-0.05, 0) is 63.4 Å². The van der Waals surface area contributed by atoms with Crippen LogP contribution in [0.25, 0.3) is 0 Å². The number of rotatable bonds is 11. The van der Waals surface area contributed by atoms with Crippen LogP contribution in [0.5, 0.6) is 0 Å². The van der Waals surface area contributed by atoms with Crippen molar-refractivity contribution in [3.8, 4) is 0 Å². The molecule has 3 rings (SSSR count). The van der Waals surface area contributed by atoms with Crippen molar-refractivity contribution < 1.29 is 18.8 Å². The quantitative estimate of drug-likeness (QED) is 0.373. The van der Waals surface area contributed by atoms with Gasteiger partial charge in [0, 0.05) is 32.6 Å². The zero-order chi connectivity index (χ0) is 22.3. The first-order chi connectivity index (χ1) is 14.8. The Bertz CT molecular complexity index is 731. The van der Waals surface area contributed by atoms with Gasteiger partial charge in [0.2, 0.25) is 0 Å². The zero-order valence-corrected chi connectivity index (χ0v) is 19.8. The summed E-state index contributed by atoms with van der Waals surface area (Å²) in [5.74, 6) is 0.876. The fourth-order valence-electron chi connectivity index (χ4n) is 3.70. The third-order valence-electron chi connectivity index (χ3n) is 6.63. The lowest BCUT2D eigenvalue weighted by atomic mass is 9.74. The minimum atomic E-state index is -0.337. The molecule has 0 amide bonds. The number of allylic oxidation sites excluding steroid dienone is 1. The van der Waals surface area contributed by atoms with E-state index in [1.165, 1.54) is 5.56 Å². The standard InChI is InChI=1S/C25H38BNO4/c1-20(12-15-28-13-9-14-29-19-21-10-7-6-8-11-21)22-16-23(18-27-17-22)26-30-24(2,3)25(4,5)31-26/h6-8,10-11,16,18,20,22H,9,12-15,17,19H2,1-5H3/t20-,22?/m1/s1. The third-order valence-corrected chi connectivity index (χ3v) is 6.63. The predicted octanol–water partition coefficient (Wildman–Crippen LogP) is 4.89. The number of aliphatic imine (C=N–C) groups is 1. The molecule has 1 unspecified atom stereocenters. The molecule has 6 heteroatoms. The molecule has 0 saturated carbocycles. The van der Waals surface area contributed by atoms with E-state index in [2.05, 4.69) is 57.8 Å². The first-order valence-electron chi connectivity index (χ1n) is 11.5. The van der Waals surface area contributed by atoms with Crippen molar-refractivity contribution in [1.82, 2.24) is 0 Å². The highest BCUT2D eigenvalue weighted by atomic mass is 16.7. The molecule has 2 aliphatic rings. The van der Waals surface area contributed by atoms with Gasteiger partial charge in [-0.3, -0.25) is 4.99 Å². The maximum atomic E-state index is 6.19. The van der Waals surface area contributed by atoms with Crippen LogP contribution in [-0.2, 0) is 25.4 Å². The molecule has 0 N–H and O–H groups in total. The van der Waals surface area contributed by atoms with Crippen LogP contribution >= 0.6 is 0 Å². The highest BCUT2D eigenvalue weighted by molar-refractivity contribution is 6.60. The number of benzene rings is 1. The van der Waals surface area contributed by atoms with Crippen molar-refractivity contribution in [2.45, 2.75) is 65.3 Å². The Labute approximate surface area is 188 Å². The van der Waals surface area contributed by atoms with E-state index < -0.39 is 0 Å². The van der Waals surface area contributed by atoms with Gasteiger partial charge in [0.05, 0.1) is 17.8 Å². The average Bonchev–Trinajstić information content (AvgIpc) is 2.97. The van der Waals surface area contributed by atoms with E-state index in [0.717, 1.165) is 44.7 Å². The van der Waals surface area contributed by atoms with Gasteiger partial charge in [-0.15, -0.1) is 0 Å². The van der Waals surface area contributed by atoms with Gasteiger partial charge < -0.3 is 18.8 Å². The van der Waals surface area contributed by atoms with Gasteiger partial charge in [-0.1, -0.05) is 43.3 Å². The van der Waals surface area contributed by atoms with Crippen LogP contribution in [0.1, 0.15) is 53.0 Å². The van der Waals surface area contributed by atoms with Crippen LogP contribution in [0.4, 0.5) is 0 Å². The van der Waals surface area contributed by atoms with E-state index in [1.807, 2.05) is 24.4 Å². The molecule has 1 aromatic rings. The Morgan fingerprint density at radius 2 is 1.71 bits per heavy atom. The molecular formula is C25H38BNO4. The summed E-state index contributed by atoms with van der Waals surface area (Å²) < 4.78 is 23.9. The van der Waals surface area contributed by atoms with Crippen molar-refractivity contribution in [3.63, 3.8) is 0 Å². The SMILES string of the molecule is C[C@H](CCOCCCOCc1ccccc1)C1C=C(B2OC(C)(C)C(C)(C)O2)C=NC1. The minimum absolute atomic E-state index is 0.330. The predicted molar refractivity (Wildman–Crippen MR) is 126 cm³/mol. The lowest BCUT2D eigenvalue weighted by Gasteiger charge is -2.32. The number of nitrogens with zero attached hydrogens (tertiary/aromatic N) is 1. The number of dihydropyridines is 1. The van der Waals surface area contributed by atoms with Crippen LogP contribution in [0.15, 0.2) is 46.9 Å². The smallest absolute Gasteiger partial charge is 0.399 e. The summed E-state index contributed by atoms with van der Waals surface area (Å²) in [4.78, 5) is 4.59. The molecule has 0 bridgehead atoms. The number of hydrogen-bond donors (Lipinski definition) is 0. The van der Waals surface area contributed by atoms with E-state index in [1.54, 1.807) is 0 Å². The minimum Gasteiger partial charge on any atom is -0.399 e. The van der Waals surface area contributed by atoms with E-state index in [9.17, 15) is 0 Å². The Morgan fingerprint density at radius 1 is 1.03 bits per heavy atom. The van der Waals surface area contributed by atoms with Crippen molar-refractivity contribution in [3.05, 3.63) is 47.4 Å². The highest BCUT2D eigenvalue weighted by Gasteiger charge is 2.52. The Kier molecular flexibility index (Phi) is 8.51. The van der Waals surface area contributed by atoms with Crippen LogP contribution < -0.4 is 0 Å². The van der Waals surface area contributed by atoms with E-state index in [4.69, 9.17) is 18.8 Å². The van der Waals surface area contributed by atoms with Gasteiger partial charge in [-0.2, -0.15) is 0 Å². The average molecular weight is 427 g/mol. The maximum absolute atomic E-state index is 6.19. The first kappa shape index (κ1) is 24.2. The second-order valence-electron chi connectivity index (χ2n) is 9.68. The Morgan fingerprint density at radius 3 is 2.42 bits per heavy atom. The lowest BCUT2D eigenvalue weighted by Crippen LogP contribution is -2.41. The molecule has 2 aliphatic heterocycles. The maximum Gasteiger partial charge on any atom is 0.496 e. The summed E-state index contributed by atoms with van der Waals surface area (Å²) >= 11 is 0. The van der Waals surface area contributed by atoms with Crippen molar-refractivity contribution in [2.24, 2.45) is 16.8 Å². The second kappa shape index (κ2) is 10.9. The fraction of sp³-hybridized carbons (Fsp3) is 0.640. The summed E-state index contributed by atoms with van der Waals surface area (Å²) in [6.45, 7) is 14.3. The lowest BCUT2D eigenvalue weighted by molar-refractivity contribution is 0.00578. The zero-order valence-electron chi connectivity index (χ0n) is 19.8. The Hall–Kier alpha value is -1.47. The fourth-order valence-corrected chi connectivity index (χ4v) is 3.70.